The number of aromatic carboxylic acids is 1. The van der Waals surface area contributed by atoms with Crippen LogP contribution in [0.3, 0.4) is 0 Å². The van der Waals surface area contributed by atoms with Crippen molar-refractivity contribution in [3.8, 4) is 5.69 Å². The van der Waals surface area contributed by atoms with Gasteiger partial charge in [-0.05, 0) is 60.7 Å². The van der Waals surface area contributed by atoms with Gasteiger partial charge in [0.05, 0.1) is 23.8 Å². The van der Waals surface area contributed by atoms with Crippen LogP contribution in [0.4, 0.5) is 23.7 Å². The van der Waals surface area contributed by atoms with Gasteiger partial charge in [-0.25, -0.2) is 19.0 Å². The highest BCUT2D eigenvalue weighted by Gasteiger charge is 2.37. The lowest BCUT2D eigenvalue weighted by atomic mass is 9.84. The molecule has 2 aromatic carbocycles. The number of fused-ring (bicyclic) bond motifs is 1. The predicted octanol–water partition coefficient (Wildman–Crippen LogP) is 2.99. The topological polar surface area (TPSA) is 124 Å². The van der Waals surface area contributed by atoms with Crippen molar-refractivity contribution in [1.29, 1.82) is 0 Å². The van der Waals surface area contributed by atoms with Gasteiger partial charge in [0.1, 0.15) is 6.61 Å². The number of nitrogens with zero attached hydrogens (tertiary/aromatic N) is 4. The number of hydrogen-bond acceptors (Lipinski definition) is 6. The van der Waals surface area contributed by atoms with Crippen LogP contribution in [0, 0.1) is 0 Å². The molecule has 5 rings (SSSR count). The maximum absolute atomic E-state index is 13.6. The van der Waals surface area contributed by atoms with Crippen LogP contribution < -0.4 is 16.1 Å². The average molecular weight is 516 g/mol. The zero-order valence-electron chi connectivity index (χ0n) is 19.1. The Morgan fingerprint density at radius 2 is 1.76 bits per heavy atom. The van der Waals surface area contributed by atoms with Crippen LogP contribution >= 0.6 is 0 Å². The number of amides is 1. The van der Waals surface area contributed by atoms with Crippen LogP contribution in [-0.4, -0.2) is 44.7 Å². The first-order valence-corrected chi connectivity index (χ1v) is 11.3. The molecule has 1 aliphatic carbocycles. The molecule has 0 saturated carbocycles. The van der Waals surface area contributed by atoms with E-state index in [2.05, 4.69) is 5.10 Å². The van der Waals surface area contributed by atoms with Crippen molar-refractivity contribution in [3.63, 3.8) is 0 Å². The van der Waals surface area contributed by atoms with Crippen molar-refractivity contribution in [1.82, 2.24) is 14.3 Å². The molecule has 1 fully saturated rings. The molecule has 2 heterocycles. The first kappa shape index (κ1) is 24.3. The van der Waals surface area contributed by atoms with Crippen LogP contribution in [0.25, 0.3) is 5.69 Å². The molecule has 1 unspecified atom stereocenters. The van der Waals surface area contributed by atoms with E-state index in [4.69, 9.17) is 4.74 Å². The fourth-order valence-electron chi connectivity index (χ4n) is 4.82. The summed E-state index contributed by atoms with van der Waals surface area (Å²) in [5.41, 5.74) is -3.35. The Hall–Kier alpha value is -4.42. The van der Waals surface area contributed by atoms with E-state index in [0.29, 0.717) is 16.8 Å². The fraction of sp³-hybridized carbons (Fsp3) is 0.292. The number of rotatable bonds is 4. The lowest BCUT2D eigenvalue weighted by Crippen LogP contribution is -2.46. The van der Waals surface area contributed by atoms with Crippen LogP contribution in [-0.2, 0) is 17.3 Å². The monoisotopic (exact) mass is 516 g/mol. The van der Waals surface area contributed by atoms with E-state index in [9.17, 15) is 37.5 Å². The minimum Gasteiger partial charge on any atom is -0.476 e. The van der Waals surface area contributed by atoms with Crippen molar-refractivity contribution in [2.45, 2.75) is 31.5 Å². The van der Waals surface area contributed by atoms with Gasteiger partial charge in [-0.15, -0.1) is 0 Å². The molecule has 37 heavy (non-hydrogen) atoms. The molecule has 1 N–H and O–H groups in total. The van der Waals surface area contributed by atoms with Crippen LogP contribution in [0.5, 0.6) is 0 Å². The third-order valence-corrected chi connectivity index (χ3v) is 6.47. The largest absolute Gasteiger partial charge is 0.476 e. The van der Waals surface area contributed by atoms with Gasteiger partial charge in [0.2, 0.25) is 5.69 Å². The van der Waals surface area contributed by atoms with Crippen molar-refractivity contribution in [3.05, 3.63) is 85.7 Å². The molecule has 1 amide bonds. The number of ether oxygens (including phenoxy) is 1. The minimum atomic E-state index is -4.63. The summed E-state index contributed by atoms with van der Waals surface area (Å²) in [6, 6.07) is 8.25. The summed E-state index contributed by atoms with van der Waals surface area (Å²) in [6.45, 7) is 0.541. The number of halogens is 3. The number of carbonyl (C=O) groups excluding carboxylic acids is 1. The van der Waals surface area contributed by atoms with Gasteiger partial charge in [0.15, 0.2) is 0 Å². The maximum Gasteiger partial charge on any atom is 0.416 e. The first-order valence-electron chi connectivity index (χ1n) is 11.3. The molecule has 3 aromatic rings. The normalized spacial score (nSPS) is 17.4. The first-order chi connectivity index (χ1) is 17.6. The summed E-state index contributed by atoms with van der Waals surface area (Å²) in [5.74, 6) is -1.69. The number of carboxylic acids is 1. The fourth-order valence-corrected chi connectivity index (χ4v) is 4.82. The summed E-state index contributed by atoms with van der Waals surface area (Å²) in [7, 11) is 0. The second-order valence-electron chi connectivity index (χ2n) is 8.58. The van der Waals surface area contributed by atoms with E-state index in [-0.39, 0.29) is 42.7 Å². The van der Waals surface area contributed by atoms with Crippen molar-refractivity contribution < 1.29 is 32.6 Å². The van der Waals surface area contributed by atoms with Crippen LogP contribution in [0.2, 0.25) is 0 Å². The summed E-state index contributed by atoms with van der Waals surface area (Å²) in [4.78, 5) is 51.6. The zero-order valence-corrected chi connectivity index (χ0v) is 19.1. The standard InChI is InChI=1S/C24H19F3N4O6/c25-24(26,27)17-5-1-4-16-15(17)3-2-6-18(16)30-20(32)19(21(33)34)28-31(22(30)35)14-9-7-13(8-10-14)29-11-12-37-23(29)36/h1,4-5,7-10,18H,2-3,6,11-12H2,(H,33,34). The number of carboxylic acid groups (broad SMARTS) is 1. The molecule has 0 spiro atoms. The SMILES string of the molecule is O=C(O)c1nn(-c2ccc(N3CCOC3=O)cc2)c(=O)n(C2CCCc3c2cccc3C(F)(F)F)c1=O. The van der Waals surface area contributed by atoms with E-state index in [1.54, 1.807) is 0 Å². The van der Waals surface area contributed by atoms with Gasteiger partial charge in [-0.2, -0.15) is 23.0 Å². The number of carbonyl (C=O) groups is 2. The van der Waals surface area contributed by atoms with Gasteiger partial charge in [0, 0.05) is 5.69 Å². The highest BCUT2D eigenvalue weighted by molar-refractivity contribution is 5.89. The third kappa shape index (κ3) is 4.15. The summed E-state index contributed by atoms with van der Waals surface area (Å²) >= 11 is 0. The Morgan fingerprint density at radius 1 is 1.05 bits per heavy atom. The molecule has 1 saturated heterocycles. The molecule has 2 aliphatic rings. The van der Waals surface area contributed by atoms with E-state index in [0.717, 1.165) is 10.7 Å². The number of cyclic esters (lactones) is 1. The third-order valence-electron chi connectivity index (χ3n) is 6.47. The lowest BCUT2D eigenvalue weighted by molar-refractivity contribution is -0.138. The van der Waals surface area contributed by atoms with E-state index in [1.165, 1.54) is 41.3 Å². The molecule has 1 aliphatic heterocycles. The number of benzene rings is 2. The Balaban J connectivity index is 1.67. The van der Waals surface area contributed by atoms with Crippen molar-refractivity contribution >= 4 is 17.7 Å². The summed E-state index contributed by atoms with van der Waals surface area (Å²) < 4.78 is 47.2. The lowest BCUT2D eigenvalue weighted by Gasteiger charge is -2.29. The molecule has 0 radical (unpaired) electrons. The maximum atomic E-state index is 13.6. The van der Waals surface area contributed by atoms with Gasteiger partial charge >= 0.3 is 23.9 Å². The zero-order chi connectivity index (χ0) is 26.5. The van der Waals surface area contributed by atoms with Crippen molar-refractivity contribution in [2.24, 2.45) is 0 Å². The second kappa shape index (κ2) is 8.91. The van der Waals surface area contributed by atoms with Gasteiger partial charge in [0.25, 0.3) is 5.56 Å². The Bertz CT molecular complexity index is 1530. The summed E-state index contributed by atoms with van der Waals surface area (Å²) in [5, 5.41) is 13.4. The quantitative estimate of drug-likeness (QED) is 0.566. The predicted molar refractivity (Wildman–Crippen MR) is 122 cm³/mol. The number of aromatic nitrogens is 3. The molecule has 192 valence electrons. The molecule has 10 nitrogen and oxygen atoms in total. The van der Waals surface area contributed by atoms with E-state index >= 15 is 0 Å². The Labute approximate surface area is 206 Å². The molecule has 1 atom stereocenters. The number of alkyl halides is 3. The molecule has 1 aromatic heterocycles. The highest BCUT2D eigenvalue weighted by Crippen LogP contribution is 2.40. The Kier molecular flexibility index (Phi) is 5.85. The van der Waals surface area contributed by atoms with E-state index < -0.39 is 46.8 Å². The van der Waals surface area contributed by atoms with Gasteiger partial charge < -0.3 is 9.84 Å². The highest BCUT2D eigenvalue weighted by atomic mass is 19.4. The van der Waals surface area contributed by atoms with Gasteiger partial charge in [-0.3, -0.25) is 9.69 Å². The second-order valence-corrected chi connectivity index (χ2v) is 8.58. The molecular weight excluding hydrogens is 497 g/mol. The summed E-state index contributed by atoms with van der Waals surface area (Å²) in [6.07, 6.45) is -4.67. The number of anilines is 1. The number of hydrogen-bond donors (Lipinski definition) is 1. The van der Waals surface area contributed by atoms with Crippen LogP contribution in [0.15, 0.2) is 52.1 Å². The smallest absolute Gasteiger partial charge is 0.416 e. The molecular formula is C24H19F3N4O6. The van der Waals surface area contributed by atoms with Crippen molar-refractivity contribution in [2.75, 3.05) is 18.1 Å². The molecule has 0 bridgehead atoms. The minimum absolute atomic E-state index is 0.0281. The van der Waals surface area contributed by atoms with E-state index in [1.807, 2.05) is 0 Å². The average Bonchev–Trinajstić information content (AvgIpc) is 3.29. The molecule has 13 heteroatoms. The van der Waals surface area contributed by atoms with Crippen LogP contribution in [0.1, 0.15) is 46.1 Å². The Morgan fingerprint density at radius 3 is 2.38 bits per heavy atom. The van der Waals surface area contributed by atoms with Gasteiger partial charge in [-0.1, -0.05) is 12.1 Å².